The van der Waals surface area contributed by atoms with Crippen LogP contribution in [0.25, 0.3) is 0 Å². The van der Waals surface area contributed by atoms with Crippen LogP contribution in [0.4, 0.5) is 0 Å². The second-order valence-corrected chi connectivity index (χ2v) is 5.77. The van der Waals surface area contributed by atoms with E-state index >= 15 is 0 Å². The van der Waals surface area contributed by atoms with Gasteiger partial charge in [-0.1, -0.05) is 0 Å². The van der Waals surface area contributed by atoms with E-state index in [1.54, 1.807) is 7.11 Å². The number of ether oxygens (including phenoxy) is 1. The lowest BCUT2D eigenvalue weighted by atomic mass is 9.71. The molecular formula is C13H27N3O. The Morgan fingerprint density at radius 1 is 1.47 bits per heavy atom. The van der Waals surface area contributed by atoms with Crippen LogP contribution in [0.2, 0.25) is 0 Å². The molecular weight excluding hydrogens is 214 g/mol. The highest BCUT2D eigenvalue weighted by atomic mass is 16.5. The fraction of sp³-hybridized carbons (Fsp3) is 1.00. The fourth-order valence-corrected chi connectivity index (χ4v) is 3.71. The zero-order valence-corrected chi connectivity index (χ0v) is 11.5. The van der Waals surface area contributed by atoms with E-state index in [2.05, 4.69) is 23.8 Å². The molecule has 3 aliphatic rings. The molecule has 0 aromatic carbocycles. The van der Waals surface area contributed by atoms with Crippen LogP contribution in [-0.2, 0) is 4.74 Å². The summed E-state index contributed by atoms with van der Waals surface area (Å²) >= 11 is 0. The molecule has 100 valence electrons. The summed E-state index contributed by atoms with van der Waals surface area (Å²) in [6.45, 7) is 7.44. The van der Waals surface area contributed by atoms with Gasteiger partial charge in [-0.05, 0) is 45.8 Å². The van der Waals surface area contributed by atoms with Gasteiger partial charge < -0.3 is 15.4 Å². The lowest BCUT2D eigenvalue weighted by molar-refractivity contribution is -0.0795. The van der Waals surface area contributed by atoms with Gasteiger partial charge in [-0.15, -0.1) is 0 Å². The zero-order chi connectivity index (χ0) is 12.5. The second-order valence-electron chi connectivity index (χ2n) is 5.77. The highest BCUT2D eigenvalue weighted by Crippen LogP contribution is 2.39. The van der Waals surface area contributed by atoms with E-state index in [1.165, 1.54) is 25.9 Å². The van der Waals surface area contributed by atoms with E-state index in [-0.39, 0.29) is 5.54 Å². The highest BCUT2D eigenvalue weighted by Gasteiger charge is 2.49. The molecule has 17 heavy (non-hydrogen) atoms. The number of hydrogen-bond donors (Lipinski definition) is 1. The van der Waals surface area contributed by atoms with Gasteiger partial charge in [-0.2, -0.15) is 0 Å². The Balaban J connectivity index is 2.13. The third-order valence-corrected chi connectivity index (χ3v) is 4.97. The summed E-state index contributed by atoms with van der Waals surface area (Å²) in [6, 6.07) is 0.434. The molecule has 4 nitrogen and oxygen atoms in total. The normalized spacial score (nSPS) is 38.6. The molecule has 3 rings (SSSR count). The molecule has 0 radical (unpaired) electrons. The van der Waals surface area contributed by atoms with Crippen LogP contribution >= 0.6 is 0 Å². The van der Waals surface area contributed by atoms with Gasteiger partial charge in [0, 0.05) is 31.8 Å². The smallest absolute Gasteiger partial charge is 0.0615 e. The number of nitrogens with zero attached hydrogens (tertiary/aromatic N) is 2. The molecule has 0 amide bonds. The van der Waals surface area contributed by atoms with Gasteiger partial charge >= 0.3 is 0 Å². The molecule has 3 fully saturated rings. The minimum absolute atomic E-state index is 0.175. The second kappa shape index (κ2) is 5.22. The van der Waals surface area contributed by atoms with Crippen LogP contribution in [0.15, 0.2) is 0 Å². The van der Waals surface area contributed by atoms with Gasteiger partial charge in [0.05, 0.1) is 6.61 Å². The molecule has 3 saturated heterocycles. The summed E-state index contributed by atoms with van der Waals surface area (Å²) in [7, 11) is 3.99. The van der Waals surface area contributed by atoms with Gasteiger partial charge in [0.2, 0.25) is 0 Å². The number of likely N-dealkylation sites (N-methyl/N-ethyl adjacent to an activating group) is 1. The van der Waals surface area contributed by atoms with E-state index in [9.17, 15) is 0 Å². The van der Waals surface area contributed by atoms with E-state index in [4.69, 9.17) is 10.5 Å². The summed E-state index contributed by atoms with van der Waals surface area (Å²) in [6.07, 6.45) is 2.61. The van der Waals surface area contributed by atoms with Gasteiger partial charge in [0.15, 0.2) is 0 Å². The Bertz CT molecular complexity index is 253. The first kappa shape index (κ1) is 13.3. The highest BCUT2D eigenvalue weighted by molar-refractivity contribution is 5.06. The summed E-state index contributed by atoms with van der Waals surface area (Å²) in [5.74, 6) is 0.766. The molecule has 2 N–H and O–H groups in total. The third-order valence-electron chi connectivity index (χ3n) is 4.97. The maximum atomic E-state index is 6.15. The SMILES string of the molecule is COCC(C)N(C)C1(CN)CN2CCC1CC2. The van der Waals surface area contributed by atoms with E-state index in [1.807, 2.05) is 0 Å². The maximum absolute atomic E-state index is 6.15. The molecule has 0 aromatic heterocycles. The van der Waals surface area contributed by atoms with E-state index < -0.39 is 0 Å². The van der Waals surface area contributed by atoms with Crippen molar-refractivity contribution in [2.45, 2.75) is 31.3 Å². The Morgan fingerprint density at radius 2 is 2.12 bits per heavy atom. The predicted molar refractivity (Wildman–Crippen MR) is 70.1 cm³/mol. The quantitative estimate of drug-likeness (QED) is 0.755. The average molecular weight is 241 g/mol. The number of hydrogen-bond acceptors (Lipinski definition) is 4. The number of nitrogens with two attached hydrogens (primary N) is 1. The Morgan fingerprint density at radius 3 is 2.53 bits per heavy atom. The van der Waals surface area contributed by atoms with E-state index in [0.29, 0.717) is 6.04 Å². The molecule has 0 aromatic rings. The molecule has 2 atom stereocenters. The molecule has 3 aliphatic heterocycles. The van der Waals surface area contributed by atoms with Crippen molar-refractivity contribution in [3.8, 4) is 0 Å². The first-order chi connectivity index (χ1) is 8.14. The van der Waals surface area contributed by atoms with Crippen molar-refractivity contribution in [1.29, 1.82) is 0 Å². The van der Waals surface area contributed by atoms with Gasteiger partial charge in [0.1, 0.15) is 0 Å². The molecule has 0 spiro atoms. The van der Waals surface area contributed by atoms with Crippen molar-refractivity contribution in [3.05, 3.63) is 0 Å². The standard InChI is InChI=1S/C13H27N3O/c1-11(8-17-3)15(2)13(9-14)10-16-6-4-12(13)5-7-16/h11-12H,4-10,14H2,1-3H3. The number of rotatable bonds is 5. The monoisotopic (exact) mass is 241 g/mol. The van der Waals surface area contributed by atoms with Crippen molar-refractivity contribution in [1.82, 2.24) is 9.80 Å². The average Bonchev–Trinajstić information content (AvgIpc) is 2.39. The Labute approximate surface area is 105 Å². The van der Waals surface area contributed by atoms with Crippen molar-refractivity contribution in [2.24, 2.45) is 11.7 Å². The molecule has 3 heterocycles. The van der Waals surface area contributed by atoms with Crippen LogP contribution in [0.3, 0.4) is 0 Å². The summed E-state index contributed by atoms with van der Waals surface area (Å²) in [5, 5.41) is 0. The topological polar surface area (TPSA) is 41.7 Å². The number of fused-ring (bicyclic) bond motifs is 3. The lowest BCUT2D eigenvalue weighted by Crippen LogP contribution is -2.70. The summed E-state index contributed by atoms with van der Waals surface area (Å²) in [5.41, 5.74) is 6.33. The van der Waals surface area contributed by atoms with Crippen LogP contribution in [0, 0.1) is 5.92 Å². The van der Waals surface area contributed by atoms with Crippen LogP contribution in [0.5, 0.6) is 0 Å². The molecule has 2 unspecified atom stereocenters. The third kappa shape index (κ3) is 2.24. The van der Waals surface area contributed by atoms with Crippen molar-refractivity contribution >= 4 is 0 Å². The van der Waals surface area contributed by atoms with Crippen molar-refractivity contribution in [2.75, 3.05) is 46.9 Å². The minimum atomic E-state index is 0.175. The minimum Gasteiger partial charge on any atom is -0.383 e. The van der Waals surface area contributed by atoms with Crippen molar-refractivity contribution in [3.63, 3.8) is 0 Å². The van der Waals surface area contributed by atoms with Gasteiger partial charge in [0.25, 0.3) is 0 Å². The zero-order valence-electron chi connectivity index (χ0n) is 11.5. The van der Waals surface area contributed by atoms with Gasteiger partial charge in [-0.3, -0.25) is 4.90 Å². The molecule has 0 saturated carbocycles. The van der Waals surface area contributed by atoms with E-state index in [0.717, 1.165) is 25.6 Å². The predicted octanol–water partition coefficient (Wildman–Crippen LogP) is 0.376. The summed E-state index contributed by atoms with van der Waals surface area (Å²) in [4.78, 5) is 5.05. The number of methoxy groups -OCH3 is 1. The Kier molecular flexibility index (Phi) is 4.08. The largest absolute Gasteiger partial charge is 0.383 e. The molecule has 2 bridgehead atoms. The first-order valence-corrected chi connectivity index (χ1v) is 6.78. The van der Waals surface area contributed by atoms with Crippen LogP contribution in [0.1, 0.15) is 19.8 Å². The fourth-order valence-electron chi connectivity index (χ4n) is 3.71. The number of piperidine rings is 3. The molecule has 0 aliphatic carbocycles. The summed E-state index contributed by atoms with van der Waals surface area (Å²) < 4.78 is 5.29. The first-order valence-electron chi connectivity index (χ1n) is 6.78. The molecule has 4 heteroatoms. The van der Waals surface area contributed by atoms with Crippen LogP contribution in [-0.4, -0.2) is 68.3 Å². The van der Waals surface area contributed by atoms with Crippen LogP contribution < -0.4 is 5.73 Å². The lowest BCUT2D eigenvalue weighted by Gasteiger charge is -2.58. The van der Waals surface area contributed by atoms with Crippen molar-refractivity contribution < 1.29 is 4.74 Å². The van der Waals surface area contributed by atoms with Gasteiger partial charge in [-0.25, -0.2) is 0 Å². The maximum Gasteiger partial charge on any atom is 0.0615 e. The Hall–Kier alpha value is -0.160.